The smallest absolute Gasteiger partial charge is 0.165 e. The van der Waals surface area contributed by atoms with E-state index < -0.39 is 0 Å². The van der Waals surface area contributed by atoms with Crippen LogP contribution in [0.1, 0.15) is 43.7 Å². The number of ether oxygens (including phenoxy) is 1. The summed E-state index contributed by atoms with van der Waals surface area (Å²) in [7, 11) is 0. The van der Waals surface area contributed by atoms with E-state index in [4.69, 9.17) is 22.8 Å². The van der Waals surface area contributed by atoms with Gasteiger partial charge in [0.1, 0.15) is 5.75 Å². The first-order chi connectivity index (χ1) is 14.6. The number of benzene rings is 3. The Morgan fingerprint density at radius 3 is 2.40 bits per heavy atom. The lowest BCUT2D eigenvalue weighted by Crippen LogP contribution is -2.24. The predicted molar refractivity (Wildman–Crippen MR) is 123 cm³/mol. The Hall–Kier alpha value is -2.76. The summed E-state index contributed by atoms with van der Waals surface area (Å²) in [5.41, 5.74) is 1.84. The molecule has 1 atom stereocenters. The third-order valence-electron chi connectivity index (χ3n) is 5.39. The molecule has 0 aliphatic carbocycles. The van der Waals surface area contributed by atoms with Crippen LogP contribution in [-0.4, -0.2) is 0 Å². The molecule has 3 heteroatoms. The molecule has 0 spiro atoms. The lowest BCUT2D eigenvalue weighted by Gasteiger charge is -2.29. The van der Waals surface area contributed by atoms with Gasteiger partial charge >= 0.3 is 0 Å². The zero-order chi connectivity index (χ0) is 21.4. The van der Waals surface area contributed by atoms with E-state index in [1.54, 1.807) is 6.07 Å². The van der Waals surface area contributed by atoms with Crippen LogP contribution in [0.15, 0.2) is 72.8 Å². The van der Waals surface area contributed by atoms with Crippen LogP contribution in [0.25, 0.3) is 0 Å². The average molecular weight is 421 g/mol. The first kappa shape index (κ1) is 21.9. The molecule has 0 N–H and O–H groups in total. The predicted octanol–water partition coefficient (Wildman–Crippen LogP) is 7.97. The van der Waals surface area contributed by atoms with Crippen molar-refractivity contribution in [3.63, 3.8) is 0 Å². The lowest BCUT2D eigenvalue weighted by atomic mass is 9.73. The van der Waals surface area contributed by atoms with Gasteiger partial charge in [0, 0.05) is 5.02 Å². The highest BCUT2D eigenvalue weighted by Gasteiger charge is 2.28. The van der Waals surface area contributed by atoms with Crippen molar-refractivity contribution in [2.45, 2.75) is 44.4 Å². The second-order valence-corrected chi connectivity index (χ2v) is 7.95. The molecule has 0 aliphatic heterocycles. The molecule has 3 aromatic carbocycles. The quantitative estimate of drug-likeness (QED) is 0.319. The van der Waals surface area contributed by atoms with Crippen molar-refractivity contribution in [2.75, 3.05) is 0 Å². The van der Waals surface area contributed by atoms with Gasteiger partial charge in [0.2, 0.25) is 0 Å². The third kappa shape index (κ3) is 5.43. The van der Waals surface area contributed by atoms with E-state index in [0.717, 1.165) is 43.2 Å². The molecule has 0 saturated carbocycles. The van der Waals surface area contributed by atoms with E-state index in [1.807, 2.05) is 60.7 Å². The summed E-state index contributed by atoms with van der Waals surface area (Å²) in [6, 6.07) is 22.1. The fourth-order valence-corrected chi connectivity index (χ4v) is 3.95. The Labute approximate surface area is 183 Å². The van der Waals surface area contributed by atoms with E-state index in [2.05, 4.69) is 12.8 Å². The van der Waals surface area contributed by atoms with Gasteiger partial charge in [-0.2, -0.15) is 0 Å². The number of rotatable bonds is 9. The molecule has 1 unspecified atom stereocenters. The molecule has 0 heterocycles. The fourth-order valence-electron chi connectivity index (χ4n) is 3.83. The maximum atomic E-state index is 14.2. The van der Waals surface area contributed by atoms with Gasteiger partial charge in [0.15, 0.2) is 11.6 Å². The summed E-state index contributed by atoms with van der Waals surface area (Å²) in [4.78, 5) is 0. The number of terminal acetylenes is 1. The van der Waals surface area contributed by atoms with Gasteiger partial charge in [-0.05, 0) is 73.2 Å². The van der Waals surface area contributed by atoms with Crippen LogP contribution in [-0.2, 0) is 11.8 Å². The molecule has 0 aromatic heterocycles. The number of hydrogen-bond donors (Lipinski definition) is 0. The Bertz CT molecular complexity index is 992. The average Bonchev–Trinajstić information content (AvgIpc) is 2.76. The normalized spacial score (nSPS) is 12.7. The van der Waals surface area contributed by atoms with Gasteiger partial charge in [0.25, 0.3) is 0 Å². The second-order valence-electron chi connectivity index (χ2n) is 7.52. The fraction of sp³-hybridized carbons (Fsp3) is 0.259. The Kier molecular flexibility index (Phi) is 7.55. The van der Waals surface area contributed by atoms with Crippen molar-refractivity contribution in [1.29, 1.82) is 0 Å². The zero-order valence-corrected chi connectivity index (χ0v) is 18.0. The van der Waals surface area contributed by atoms with Gasteiger partial charge in [-0.25, -0.2) is 4.39 Å². The van der Waals surface area contributed by atoms with Gasteiger partial charge in [-0.1, -0.05) is 67.3 Å². The van der Waals surface area contributed by atoms with Crippen molar-refractivity contribution in [1.82, 2.24) is 0 Å². The summed E-state index contributed by atoms with van der Waals surface area (Å²) < 4.78 is 19.9. The van der Waals surface area contributed by atoms with Crippen molar-refractivity contribution in [3.8, 4) is 23.8 Å². The summed E-state index contributed by atoms with van der Waals surface area (Å²) in [6.07, 6.45) is 10.5. The van der Waals surface area contributed by atoms with Crippen LogP contribution < -0.4 is 4.74 Å². The Morgan fingerprint density at radius 1 is 1.00 bits per heavy atom. The zero-order valence-electron chi connectivity index (χ0n) is 17.2. The highest BCUT2D eigenvalue weighted by Crippen LogP contribution is 2.35. The van der Waals surface area contributed by atoms with Crippen molar-refractivity contribution < 1.29 is 9.13 Å². The summed E-state index contributed by atoms with van der Waals surface area (Å²) >= 11 is 6.06. The molecule has 154 valence electrons. The van der Waals surface area contributed by atoms with Crippen molar-refractivity contribution >= 4 is 11.6 Å². The molecular formula is C27H26ClFO. The van der Waals surface area contributed by atoms with E-state index in [-0.39, 0.29) is 17.0 Å². The molecule has 0 saturated heterocycles. The van der Waals surface area contributed by atoms with Crippen LogP contribution in [0.5, 0.6) is 11.5 Å². The minimum Gasteiger partial charge on any atom is -0.454 e. The molecular weight excluding hydrogens is 395 g/mol. The molecule has 0 fully saturated rings. The largest absolute Gasteiger partial charge is 0.454 e. The van der Waals surface area contributed by atoms with Crippen LogP contribution >= 0.6 is 11.6 Å². The highest BCUT2D eigenvalue weighted by atomic mass is 35.5. The minimum absolute atomic E-state index is 0.244. The monoisotopic (exact) mass is 420 g/mol. The molecule has 1 nitrogen and oxygen atoms in total. The van der Waals surface area contributed by atoms with Gasteiger partial charge in [0.05, 0.1) is 5.41 Å². The van der Waals surface area contributed by atoms with Gasteiger partial charge in [-0.15, -0.1) is 6.42 Å². The topological polar surface area (TPSA) is 9.23 Å². The van der Waals surface area contributed by atoms with Crippen molar-refractivity contribution in [2.24, 2.45) is 0 Å². The van der Waals surface area contributed by atoms with E-state index in [0.29, 0.717) is 10.8 Å². The van der Waals surface area contributed by atoms with Gasteiger partial charge in [-0.3, -0.25) is 0 Å². The van der Waals surface area contributed by atoms with Crippen LogP contribution in [0.3, 0.4) is 0 Å². The highest BCUT2D eigenvalue weighted by molar-refractivity contribution is 6.30. The molecule has 0 radical (unpaired) electrons. The van der Waals surface area contributed by atoms with E-state index in [1.165, 1.54) is 6.07 Å². The van der Waals surface area contributed by atoms with E-state index >= 15 is 0 Å². The van der Waals surface area contributed by atoms with Crippen LogP contribution in [0.2, 0.25) is 5.02 Å². The Balaban J connectivity index is 1.71. The maximum Gasteiger partial charge on any atom is 0.165 e. The van der Waals surface area contributed by atoms with Crippen LogP contribution in [0, 0.1) is 18.2 Å². The number of hydrogen-bond acceptors (Lipinski definition) is 1. The molecule has 0 amide bonds. The minimum atomic E-state index is -0.368. The van der Waals surface area contributed by atoms with E-state index in [9.17, 15) is 4.39 Å². The molecule has 0 aliphatic rings. The summed E-state index contributed by atoms with van der Waals surface area (Å²) in [5, 5.41) is 0.707. The molecule has 30 heavy (non-hydrogen) atoms. The van der Waals surface area contributed by atoms with Crippen molar-refractivity contribution in [3.05, 3.63) is 94.8 Å². The van der Waals surface area contributed by atoms with Crippen LogP contribution in [0.4, 0.5) is 4.39 Å². The third-order valence-corrected chi connectivity index (χ3v) is 5.64. The number of para-hydroxylation sites is 1. The maximum absolute atomic E-state index is 14.2. The SMILES string of the molecule is C#CC(CCC)(CCCc1ccc(F)c(Oc2ccccc2)c1)c1ccc(Cl)cc1. The standard InChI is InChI=1S/C27H26ClFO/c1-3-18-27(4-2,22-13-15-23(28)16-14-22)19-8-9-21-12-17-25(29)26(20-21)30-24-10-6-5-7-11-24/h2,5-7,10-17,20H,3,8-9,18-19H2,1H3. The molecule has 3 aromatic rings. The second kappa shape index (κ2) is 10.3. The summed E-state index contributed by atoms with van der Waals surface area (Å²) in [6.45, 7) is 2.15. The number of halogens is 2. The number of aryl methyl sites for hydroxylation is 1. The lowest BCUT2D eigenvalue weighted by molar-refractivity contribution is 0.438. The summed E-state index contributed by atoms with van der Waals surface area (Å²) in [5.74, 6) is 3.56. The Morgan fingerprint density at radius 2 is 1.73 bits per heavy atom. The molecule has 0 bridgehead atoms. The molecule has 3 rings (SSSR count). The first-order valence-corrected chi connectivity index (χ1v) is 10.7. The first-order valence-electron chi connectivity index (χ1n) is 10.3. The van der Waals surface area contributed by atoms with Gasteiger partial charge < -0.3 is 4.74 Å².